The molecule has 1 aromatic rings. The number of carbonyl (C=O) groups excluding carboxylic acids is 3. The number of hydrogen-bond acceptors (Lipinski definition) is 9. The third-order valence-corrected chi connectivity index (χ3v) is 8.49. The Hall–Kier alpha value is -2.83. The summed E-state index contributed by atoms with van der Waals surface area (Å²) in [6.07, 6.45) is 4.28. The molecule has 11 nitrogen and oxygen atoms in total. The molecule has 41 heavy (non-hydrogen) atoms. The first-order valence-corrected chi connectivity index (χ1v) is 15.1. The number of carbonyl (C=O) groups is 4. The van der Waals surface area contributed by atoms with Crippen LogP contribution in [0.5, 0.6) is 0 Å². The summed E-state index contributed by atoms with van der Waals surface area (Å²) in [5.74, 6) is -2.45. The number of hydrogen-bond donors (Lipinski definition) is 2. The summed E-state index contributed by atoms with van der Waals surface area (Å²) in [7, 11) is 1.93. The minimum absolute atomic E-state index is 0.0646. The van der Waals surface area contributed by atoms with Gasteiger partial charge in [-0.15, -0.1) is 17.9 Å². The zero-order valence-electron chi connectivity index (χ0n) is 25.1. The predicted octanol–water partition coefficient (Wildman–Crippen LogP) is 3.86. The van der Waals surface area contributed by atoms with Crippen LogP contribution in [0.15, 0.2) is 18.0 Å². The Morgan fingerprint density at radius 3 is 2.54 bits per heavy atom. The summed E-state index contributed by atoms with van der Waals surface area (Å²) in [6.45, 7) is 13.7. The molecule has 1 aromatic heterocycles. The predicted molar refractivity (Wildman–Crippen MR) is 156 cm³/mol. The number of likely N-dealkylation sites (tertiary alicyclic amines) is 1. The van der Waals surface area contributed by atoms with Crippen LogP contribution in [-0.4, -0.2) is 88.7 Å². The first kappa shape index (κ1) is 34.4. The van der Waals surface area contributed by atoms with E-state index in [-0.39, 0.29) is 55.1 Å². The lowest BCUT2D eigenvalue weighted by Crippen LogP contribution is -2.59. The zero-order valence-corrected chi connectivity index (χ0v) is 25.9. The first-order chi connectivity index (χ1) is 19.4. The monoisotopic (exact) mass is 594 g/mol. The highest BCUT2D eigenvalue weighted by Gasteiger charge is 2.38. The molecular formula is C29H46N4O7S. The summed E-state index contributed by atoms with van der Waals surface area (Å²) in [5, 5.41) is 14.1. The molecule has 0 bridgehead atoms. The minimum Gasteiger partial charge on any atom is -0.476 e. The Bertz CT molecular complexity index is 1050. The van der Waals surface area contributed by atoms with Gasteiger partial charge < -0.3 is 24.8 Å². The van der Waals surface area contributed by atoms with Crippen LogP contribution in [0.1, 0.15) is 88.3 Å². The summed E-state index contributed by atoms with van der Waals surface area (Å²) >= 11 is 1.08. The third-order valence-electron chi connectivity index (χ3n) is 7.55. The lowest BCUT2D eigenvalue weighted by Gasteiger charge is -2.39. The van der Waals surface area contributed by atoms with Crippen LogP contribution in [0.2, 0.25) is 0 Å². The van der Waals surface area contributed by atoms with Gasteiger partial charge in [0.2, 0.25) is 11.8 Å². The summed E-state index contributed by atoms with van der Waals surface area (Å²) in [4.78, 5) is 59.0. The SMILES string of the molecule is C=CCOCN(C(=O)[C@@H](NC(=O)[C@H]1CCCCN1C)C(C)CC)C(C[C@@H](OC(C)=O)c1nc(C(=O)O)cs1)C(C)C. The second-order valence-corrected chi connectivity index (χ2v) is 11.9. The number of esters is 1. The van der Waals surface area contributed by atoms with E-state index in [1.807, 2.05) is 39.6 Å². The number of aromatic nitrogens is 1. The largest absolute Gasteiger partial charge is 0.476 e. The van der Waals surface area contributed by atoms with E-state index in [4.69, 9.17) is 9.47 Å². The molecule has 5 atom stereocenters. The van der Waals surface area contributed by atoms with E-state index < -0.39 is 30.1 Å². The van der Waals surface area contributed by atoms with Crippen LogP contribution in [0.3, 0.4) is 0 Å². The summed E-state index contributed by atoms with van der Waals surface area (Å²) in [5.41, 5.74) is -0.141. The smallest absolute Gasteiger partial charge is 0.355 e. The van der Waals surface area contributed by atoms with Gasteiger partial charge in [0.05, 0.1) is 12.6 Å². The molecule has 0 radical (unpaired) electrons. The second kappa shape index (κ2) is 16.6. The molecule has 1 aliphatic heterocycles. The standard InChI is InChI=1S/C29H46N4O7S/c1-8-14-39-17-33(28(36)25(19(5)9-2)31-26(35)22-12-10-11-13-32(22)7)23(18(3)4)15-24(40-20(6)34)27-30-21(16-41-27)29(37)38/h8,16,18-19,22-25H,1,9-15,17H2,2-7H3,(H,31,35)(H,37,38)/t19?,22-,23?,24-,25+/m1/s1. The molecule has 1 saturated heterocycles. The normalized spacial score (nSPS) is 18.7. The Morgan fingerprint density at radius 1 is 1.29 bits per heavy atom. The molecule has 2 unspecified atom stereocenters. The number of nitrogens with zero attached hydrogens (tertiary/aromatic N) is 3. The van der Waals surface area contributed by atoms with Crippen LogP contribution < -0.4 is 5.32 Å². The van der Waals surface area contributed by atoms with Gasteiger partial charge in [0.15, 0.2) is 11.8 Å². The number of piperidine rings is 1. The fraction of sp³-hybridized carbons (Fsp3) is 0.690. The highest BCUT2D eigenvalue weighted by atomic mass is 32.1. The number of carboxylic acids is 1. The van der Waals surface area contributed by atoms with Gasteiger partial charge >= 0.3 is 11.9 Å². The van der Waals surface area contributed by atoms with E-state index >= 15 is 0 Å². The molecule has 0 spiro atoms. The molecule has 230 valence electrons. The fourth-order valence-corrected chi connectivity index (χ4v) is 5.82. The highest BCUT2D eigenvalue weighted by molar-refractivity contribution is 7.09. The summed E-state index contributed by atoms with van der Waals surface area (Å²) < 4.78 is 11.4. The lowest BCUT2D eigenvalue weighted by atomic mass is 9.92. The van der Waals surface area contributed by atoms with Crippen molar-refractivity contribution >= 4 is 35.1 Å². The Balaban J connectivity index is 2.43. The molecule has 1 aliphatic rings. The van der Waals surface area contributed by atoms with E-state index in [2.05, 4.69) is 16.9 Å². The van der Waals surface area contributed by atoms with Crippen molar-refractivity contribution in [3.8, 4) is 0 Å². The van der Waals surface area contributed by atoms with E-state index in [0.29, 0.717) is 11.4 Å². The Labute approximate surface area is 247 Å². The van der Waals surface area contributed by atoms with Crippen LogP contribution in [0, 0.1) is 11.8 Å². The molecule has 1 fully saturated rings. The maximum absolute atomic E-state index is 14.3. The molecule has 2 amide bonds. The fourth-order valence-electron chi connectivity index (χ4n) is 4.99. The number of nitrogens with one attached hydrogen (secondary N) is 1. The van der Waals surface area contributed by atoms with Crippen molar-refractivity contribution in [2.45, 2.75) is 91.0 Å². The van der Waals surface area contributed by atoms with Crippen LogP contribution in [0.4, 0.5) is 0 Å². The number of carboxylic acid groups (broad SMARTS) is 1. The van der Waals surface area contributed by atoms with Crippen LogP contribution in [0.25, 0.3) is 0 Å². The van der Waals surface area contributed by atoms with Gasteiger partial charge in [-0.1, -0.05) is 46.6 Å². The molecule has 0 saturated carbocycles. The maximum Gasteiger partial charge on any atom is 0.355 e. The van der Waals surface area contributed by atoms with Crippen molar-refractivity contribution in [1.29, 1.82) is 0 Å². The van der Waals surface area contributed by atoms with Crippen molar-refractivity contribution in [2.75, 3.05) is 26.9 Å². The quantitative estimate of drug-likeness (QED) is 0.126. The molecule has 2 rings (SSSR count). The Morgan fingerprint density at radius 2 is 2.00 bits per heavy atom. The van der Waals surface area contributed by atoms with Gasteiger partial charge in [0.1, 0.15) is 17.8 Å². The number of rotatable bonds is 16. The van der Waals surface area contributed by atoms with E-state index in [1.165, 1.54) is 12.3 Å². The van der Waals surface area contributed by atoms with E-state index in [9.17, 15) is 24.3 Å². The number of ether oxygens (including phenoxy) is 2. The van der Waals surface area contributed by atoms with Crippen molar-refractivity contribution in [3.05, 3.63) is 28.7 Å². The van der Waals surface area contributed by atoms with Crippen molar-refractivity contribution in [1.82, 2.24) is 20.1 Å². The third kappa shape index (κ3) is 9.89. The van der Waals surface area contributed by atoms with Gasteiger partial charge in [-0.05, 0) is 38.3 Å². The molecule has 12 heteroatoms. The van der Waals surface area contributed by atoms with Gasteiger partial charge in [0.25, 0.3) is 0 Å². The molecular weight excluding hydrogens is 548 g/mol. The van der Waals surface area contributed by atoms with Crippen LogP contribution in [-0.2, 0) is 23.9 Å². The number of amides is 2. The second-order valence-electron chi connectivity index (χ2n) is 11.0. The average Bonchev–Trinajstić information content (AvgIpc) is 3.42. The molecule has 0 aromatic carbocycles. The molecule has 2 N–H and O–H groups in total. The number of likely N-dealkylation sites (N-methyl/N-ethyl adjacent to an activating group) is 1. The lowest BCUT2D eigenvalue weighted by molar-refractivity contribution is -0.152. The van der Waals surface area contributed by atoms with E-state index in [0.717, 1.165) is 37.1 Å². The number of thiazole rings is 1. The van der Waals surface area contributed by atoms with Crippen LogP contribution >= 0.6 is 11.3 Å². The first-order valence-electron chi connectivity index (χ1n) is 14.3. The Kier molecular flexibility index (Phi) is 13.9. The summed E-state index contributed by atoms with van der Waals surface area (Å²) in [6, 6.07) is -1.58. The van der Waals surface area contributed by atoms with Crippen molar-refractivity contribution in [3.63, 3.8) is 0 Å². The van der Waals surface area contributed by atoms with Gasteiger partial charge in [-0.3, -0.25) is 19.3 Å². The molecule has 2 heterocycles. The van der Waals surface area contributed by atoms with Gasteiger partial charge in [-0.25, -0.2) is 9.78 Å². The van der Waals surface area contributed by atoms with Crippen molar-refractivity contribution in [2.24, 2.45) is 11.8 Å². The van der Waals surface area contributed by atoms with Gasteiger partial charge in [0, 0.05) is 24.8 Å². The van der Waals surface area contributed by atoms with E-state index in [1.54, 1.807) is 11.0 Å². The average molecular weight is 595 g/mol. The minimum atomic E-state index is -1.18. The number of aromatic carboxylic acids is 1. The molecule has 0 aliphatic carbocycles. The topological polar surface area (TPSA) is 138 Å². The van der Waals surface area contributed by atoms with Gasteiger partial charge in [-0.2, -0.15) is 0 Å². The maximum atomic E-state index is 14.3. The zero-order chi connectivity index (χ0) is 30.7. The highest BCUT2D eigenvalue weighted by Crippen LogP contribution is 2.31. The van der Waals surface area contributed by atoms with Crippen molar-refractivity contribution < 1.29 is 33.8 Å².